The van der Waals surface area contributed by atoms with Gasteiger partial charge in [-0.25, -0.2) is 0 Å². The van der Waals surface area contributed by atoms with Crippen LogP contribution in [0, 0.1) is 17.8 Å². The van der Waals surface area contributed by atoms with Crippen molar-refractivity contribution in [1.29, 1.82) is 0 Å². The number of halogens is 1. The van der Waals surface area contributed by atoms with Crippen LogP contribution in [-0.2, 0) is 0 Å². The molecule has 4 rings (SSSR count). The molecule has 1 aromatic carbocycles. The molecule has 0 unspecified atom stereocenters. The van der Waals surface area contributed by atoms with Crippen molar-refractivity contribution in [2.75, 3.05) is 20.6 Å². The Morgan fingerprint density at radius 3 is 2.11 bits per heavy atom. The second kappa shape index (κ2) is 6.28. The van der Waals surface area contributed by atoms with Crippen LogP contribution in [0.5, 0.6) is 0 Å². The maximum atomic E-state index is 2.36. The van der Waals surface area contributed by atoms with Crippen LogP contribution in [0.4, 0.5) is 0 Å². The smallest absolute Gasteiger partial charge is 0.0804 e. The van der Waals surface area contributed by atoms with Crippen molar-refractivity contribution in [3.8, 4) is 0 Å². The van der Waals surface area contributed by atoms with Crippen molar-refractivity contribution in [3.05, 3.63) is 35.9 Å². The van der Waals surface area contributed by atoms with Gasteiger partial charge in [-0.2, -0.15) is 0 Å². The van der Waals surface area contributed by atoms with Crippen molar-refractivity contribution in [2.24, 2.45) is 17.8 Å². The number of benzene rings is 1. The molecule has 106 valence electrons. The minimum atomic E-state index is 0. The number of hydrogen-bond acceptors (Lipinski definition) is 0. The van der Waals surface area contributed by atoms with Gasteiger partial charge in [0.15, 0.2) is 0 Å². The zero-order valence-electron chi connectivity index (χ0n) is 12.1. The first kappa shape index (κ1) is 14.9. The fraction of sp³-hybridized carbons (Fsp3) is 0.647. The van der Waals surface area contributed by atoms with Gasteiger partial charge in [-0.1, -0.05) is 30.3 Å². The number of quaternary nitrogens is 1. The van der Waals surface area contributed by atoms with Gasteiger partial charge in [-0.05, 0) is 49.0 Å². The van der Waals surface area contributed by atoms with E-state index >= 15 is 0 Å². The van der Waals surface area contributed by atoms with Gasteiger partial charge >= 0.3 is 0 Å². The molecule has 0 amide bonds. The third kappa shape index (κ3) is 2.98. The fourth-order valence-electron chi connectivity index (χ4n) is 4.53. The van der Waals surface area contributed by atoms with Crippen molar-refractivity contribution in [2.45, 2.75) is 31.6 Å². The standard InChI is InChI=1S/C17H25N.ClH/c1-18(2)12-16-13-8-10-15(11-9-13)17(16)14-6-4-3-5-7-14;/h3-7,13,15-17H,8-12H2,1-2H3;1H/t13?,15?,16-,17+;/m1./s1. The molecule has 1 aromatic rings. The van der Waals surface area contributed by atoms with E-state index in [1.807, 2.05) is 0 Å². The van der Waals surface area contributed by atoms with E-state index in [9.17, 15) is 0 Å². The Hall–Kier alpha value is -0.530. The van der Waals surface area contributed by atoms with E-state index in [-0.39, 0.29) is 12.4 Å². The summed E-state index contributed by atoms with van der Waals surface area (Å²) in [4.78, 5) is 1.62. The summed E-state index contributed by atoms with van der Waals surface area (Å²) in [5.41, 5.74) is 1.61. The minimum Gasteiger partial charge on any atom is -1.00 e. The molecule has 0 radical (unpaired) electrons. The van der Waals surface area contributed by atoms with Gasteiger partial charge in [0.1, 0.15) is 0 Å². The lowest BCUT2D eigenvalue weighted by Gasteiger charge is -2.49. The molecule has 2 atom stereocenters. The van der Waals surface area contributed by atoms with Crippen LogP contribution in [-0.4, -0.2) is 20.6 Å². The third-order valence-corrected chi connectivity index (χ3v) is 5.22. The molecule has 0 aliphatic heterocycles. The molecule has 3 aliphatic rings. The van der Waals surface area contributed by atoms with Crippen LogP contribution in [0.15, 0.2) is 30.3 Å². The van der Waals surface area contributed by atoms with Gasteiger partial charge in [0.2, 0.25) is 0 Å². The summed E-state index contributed by atoms with van der Waals surface area (Å²) in [5.74, 6) is 3.72. The fourth-order valence-corrected chi connectivity index (χ4v) is 4.53. The van der Waals surface area contributed by atoms with Gasteiger partial charge < -0.3 is 17.3 Å². The molecule has 19 heavy (non-hydrogen) atoms. The quantitative estimate of drug-likeness (QED) is 0.751. The van der Waals surface area contributed by atoms with Crippen molar-refractivity contribution < 1.29 is 17.3 Å². The highest BCUT2D eigenvalue weighted by molar-refractivity contribution is 5.23. The summed E-state index contributed by atoms with van der Waals surface area (Å²) < 4.78 is 0. The summed E-state index contributed by atoms with van der Waals surface area (Å²) in [7, 11) is 4.62. The molecule has 0 aromatic heterocycles. The molecule has 2 heteroatoms. The zero-order chi connectivity index (χ0) is 12.5. The first-order chi connectivity index (χ1) is 8.75. The van der Waals surface area contributed by atoms with Crippen LogP contribution in [0.1, 0.15) is 37.2 Å². The van der Waals surface area contributed by atoms with Gasteiger partial charge in [0, 0.05) is 5.92 Å². The van der Waals surface area contributed by atoms with Crippen LogP contribution in [0.3, 0.4) is 0 Å². The van der Waals surface area contributed by atoms with Crippen molar-refractivity contribution in [3.63, 3.8) is 0 Å². The van der Waals surface area contributed by atoms with E-state index < -0.39 is 0 Å². The largest absolute Gasteiger partial charge is 1.00 e. The molecule has 3 fully saturated rings. The summed E-state index contributed by atoms with van der Waals surface area (Å²) in [6, 6.07) is 11.3. The number of nitrogens with one attached hydrogen (secondary N) is 1. The van der Waals surface area contributed by atoms with E-state index in [1.165, 1.54) is 32.2 Å². The third-order valence-electron chi connectivity index (χ3n) is 5.22. The average molecular weight is 280 g/mol. The maximum absolute atomic E-state index is 2.36. The van der Waals surface area contributed by atoms with E-state index in [4.69, 9.17) is 0 Å². The first-order valence-corrected chi connectivity index (χ1v) is 7.59. The topological polar surface area (TPSA) is 4.44 Å². The Kier molecular flexibility index (Phi) is 4.92. The maximum Gasteiger partial charge on any atom is 0.0804 e. The van der Waals surface area contributed by atoms with Crippen LogP contribution >= 0.6 is 0 Å². The van der Waals surface area contributed by atoms with E-state index in [1.54, 1.807) is 10.5 Å². The Morgan fingerprint density at radius 1 is 0.947 bits per heavy atom. The molecule has 3 aliphatic carbocycles. The van der Waals surface area contributed by atoms with Gasteiger partial charge in [0.05, 0.1) is 20.6 Å². The highest BCUT2D eigenvalue weighted by Gasteiger charge is 2.45. The molecule has 1 N–H and O–H groups in total. The monoisotopic (exact) mass is 279 g/mol. The summed E-state index contributed by atoms with van der Waals surface area (Å²) in [6.07, 6.45) is 5.94. The highest BCUT2D eigenvalue weighted by atomic mass is 35.5. The Labute approximate surface area is 123 Å². The second-order valence-electron chi connectivity index (χ2n) is 6.69. The van der Waals surface area contributed by atoms with Crippen LogP contribution in [0.25, 0.3) is 0 Å². The predicted molar refractivity (Wildman–Crippen MR) is 75.8 cm³/mol. The SMILES string of the molecule is C[NH+](C)C[C@@H]1C2CCC(CC2)[C@@H]1c1ccccc1.[Cl-]. The molecular formula is C17H26ClN. The van der Waals surface area contributed by atoms with Gasteiger partial charge in [-0.3, -0.25) is 0 Å². The number of rotatable bonds is 3. The van der Waals surface area contributed by atoms with Crippen LogP contribution < -0.4 is 17.3 Å². The average Bonchev–Trinajstić information content (AvgIpc) is 2.40. The number of hydrogen-bond donors (Lipinski definition) is 1. The predicted octanol–water partition coefficient (Wildman–Crippen LogP) is -0.645. The first-order valence-electron chi connectivity index (χ1n) is 7.59. The molecule has 1 nitrogen and oxygen atoms in total. The van der Waals surface area contributed by atoms with E-state index in [0.29, 0.717) is 0 Å². The second-order valence-corrected chi connectivity index (χ2v) is 6.69. The van der Waals surface area contributed by atoms with E-state index in [0.717, 1.165) is 23.7 Å². The Bertz CT molecular complexity index is 382. The lowest BCUT2D eigenvalue weighted by molar-refractivity contribution is -0.863. The molecular weight excluding hydrogens is 254 g/mol. The van der Waals surface area contributed by atoms with Crippen LogP contribution in [0.2, 0.25) is 0 Å². The molecule has 0 spiro atoms. The molecule has 0 saturated heterocycles. The lowest BCUT2D eigenvalue weighted by atomic mass is 9.57. The summed E-state index contributed by atoms with van der Waals surface area (Å²) in [6.45, 7) is 1.35. The molecule has 2 bridgehead atoms. The lowest BCUT2D eigenvalue weighted by Crippen LogP contribution is -3.06. The summed E-state index contributed by atoms with van der Waals surface area (Å²) >= 11 is 0. The van der Waals surface area contributed by atoms with E-state index in [2.05, 4.69) is 44.4 Å². The molecule has 3 saturated carbocycles. The van der Waals surface area contributed by atoms with Crippen molar-refractivity contribution in [1.82, 2.24) is 0 Å². The molecule has 0 heterocycles. The normalized spacial score (nSPS) is 33.2. The zero-order valence-corrected chi connectivity index (χ0v) is 12.9. The summed E-state index contributed by atoms with van der Waals surface area (Å²) in [5, 5.41) is 0. The Morgan fingerprint density at radius 2 is 1.53 bits per heavy atom. The minimum absolute atomic E-state index is 0. The highest BCUT2D eigenvalue weighted by Crippen LogP contribution is 2.52. The van der Waals surface area contributed by atoms with Gasteiger partial charge in [0.25, 0.3) is 0 Å². The van der Waals surface area contributed by atoms with Crippen molar-refractivity contribution >= 4 is 0 Å². The Balaban J connectivity index is 0.00000133. The number of fused-ring (bicyclic) bond motifs is 3. The van der Waals surface area contributed by atoms with Gasteiger partial charge in [-0.15, -0.1) is 0 Å².